The van der Waals surface area contributed by atoms with Gasteiger partial charge in [-0.05, 0) is 58.7 Å². The molecule has 0 unspecified atom stereocenters. The number of methoxy groups -OCH3 is 3. The molecule has 0 fully saturated rings. The molecule has 0 amide bonds. The van der Waals surface area contributed by atoms with Crippen LogP contribution in [-0.4, -0.2) is 21.3 Å². The van der Waals surface area contributed by atoms with Crippen LogP contribution in [0.4, 0.5) is 0 Å². The summed E-state index contributed by atoms with van der Waals surface area (Å²) in [5, 5.41) is 0. The molecule has 0 bridgehead atoms. The van der Waals surface area contributed by atoms with Crippen molar-refractivity contribution in [3.05, 3.63) is 125 Å². The highest BCUT2D eigenvalue weighted by atomic mass is 32.2. The molecule has 0 aliphatic rings. The average molecular weight is 457 g/mol. The summed E-state index contributed by atoms with van der Waals surface area (Å²) in [4.78, 5) is 0. The minimum absolute atomic E-state index is 0.444. The molecule has 0 spiro atoms. The van der Waals surface area contributed by atoms with Crippen molar-refractivity contribution < 1.29 is 14.2 Å². The fourth-order valence-electron chi connectivity index (χ4n) is 3.99. The van der Waals surface area contributed by atoms with Crippen LogP contribution in [0, 0.1) is 0 Å². The maximum Gasteiger partial charge on any atom is 0.118 e. The van der Waals surface area contributed by atoms with E-state index in [1.54, 1.807) is 21.3 Å². The zero-order valence-electron chi connectivity index (χ0n) is 19.2. The molecule has 0 saturated heterocycles. The lowest BCUT2D eigenvalue weighted by Gasteiger charge is -2.36. The second-order valence-corrected chi connectivity index (χ2v) is 8.83. The Morgan fingerprint density at radius 1 is 0.515 bits per heavy atom. The number of ether oxygens (including phenoxy) is 3. The first-order valence-electron chi connectivity index (χ1n) is 10.8. The first-order valence-corrected chi connectivity index (χ1v) is 11.8. The maximum absolute atomic E-state index is 5.44. The molecular weight excluding hydrogens is 428 g/mol. The molecule has 0 radical (unpaired) electrons. The minimum Gasteiger partial charge on any atom is -0.497 e. The van der Waals surface area contributed by atoms with Gasteiger partial charge in [-0.3, -0.25) is 0 Å². The Morgan fingerprint density at radius 3 is 1.21 bits per heavy atom. The summed E-state index contributed by atoms with van der Waals surface area (Å²) in [6.07, 6.45) is 0. The van der Waals surface area contributed by atoms with Gasteiger partial charge in [0.25, 0.3) is 0 Å². The highest BCUT2D eigenvalue weighted by molar-refractivity contribution is 7.99. The van der Waals surface area contributed by atoms with Gasteiger partial charge in [-0.25, -0.2) is 0 Å². The molecule has 0 heterocycles. The first kappa shape index (κ1) is 22.8. The van der Waals surface area contributed by atoms with E-state index in [-0.39, 0.29) is 0 Å². The Bertz CT molecular complexity index is 1020. The molecule has 0 aromatic heterocycles. The second kappa shape index (κ2) is 10.5. The largest absolute Gasteiger partial charge is 0.497 e. The van der Waals surface area contributed by atoms with E-state index in [2.05, 4.69) is 66.7 Å². The SMILES string of the molecule is COc1ccc(C(SCc2ccccc2)(c2ccc(OC)cc2)c2ccc(OC)cc2)cc1. The fraction of sp³-hybridized carbons (Fsp3) is 0.172. The van der Waals surface area contributed by atoms with E-state index >= 15 is 0 Å². The summed E-state index contributed by atoms with van der Waals surface area (Å²) in [5.74, 6) is 3.37. The van der Waals surface area contributed by atoms with Crippen LogP contribution in [0.15, 0.2) is 103 Å². The molecule has 33 heavy (non-hydrogen) atoms. The summed E-state index contributed by atoms with van der Waals surface area (Å²) in [6.45, 7) is 0. The Kier molecular flexibility index (Phi) is 7.26. The van der Waals surface area contributed by atoms with Crippen LogP contribution in [0.1, 0.15) is 22.3 Å². The summed E-state index contributed by atoms with van der Waals surface area (Å²) in [5.41, 5.74) is 4.82. The predicted molar refractivity (Wildman–Crippen MR) is 137 cm³/mol. The lowest BCUT2D eigenvalue weighted by atomic mass is 9.84. The predicted octanol–water partition coefficient (Wildman–Crippen LogP) is 6.94. The summed E-state index contributed by atoms with van der Waals surface area (Å²) in [7, 11) is 5.08. The standard InChI is InChI=1S/C29H28O3S/c1-30-26-15-9-23(10-16-26)29(24-11-17-27(31-2)18-12-24,25-13-19-28(32-3)20-14-25)33-21-22-7-5-4-6-8-22/h4-20H,21H2,1-3H3. The summed E-state index contributed by atoms with van der Waals surface area (Å²) < 4.78 is 15.9. The molecule has 3 nitrogen and oxygen atoms in total. The van der Waals surface area contributed by atoms with Crippen LogP contribution < -0.4 is 14.2 Å². The van der Waals surface area contributed by atoms with Crippen molar-refractivity contribution in [2.75, 3.05) is 21.3 Å². The minimum atomic E-state index is -0.444. The summed E-state index contributed by atoms with van der Waals surface area (Å²) in [6, 6.07) is 35.7. The van der Waals surface area contributed by atoms with Crippen molar-refractivity contribution in [3.63, 3.8) is 0 Å². The first-order chi connectivity index (χ1) is 16.2. The lowest BCUT2D eigenvalue weighted by molar-refractivity contribution is 0.414. The molecular formula is C29H28O3S. The lowest BCUT2D eigenvalue weighted by Crippen LogP contribution is -2.26. The van der Waals surface area contributed by atoms with E-state index in [1.165, 1.54) is 22.3 Å². The van der Waals surface area contributed by atoms with Crippen molar-refractivity contribution >= 4 is 11.8 Å². The zero-order valence-corrected chi connectivity index (χ0v) is 20.0. The van der Waals surface area contributed by atoms with Crippen molar-refractivity contribution in [3.8, 4) is 17.2 Å². The zero-order chi connectivity index (χ0) is 23.1. The molecule has 0 saturated carbocycles. The van der Waals surface area contributed by atoms with Gasteiger partial charge < -0.3 is 14.2 Å². The molecule has 0 atom stereocenters. The maximum atomic E-state index is 5.44. The van der Waals surface area contributed by atoms with E-state index in [4.69, 9.17) is 14.2 Å². The van der Waals surface area contributed by atoms with Gasteiger partial charge in [-0.15, -0.1) is 11.8 Å². The number of hydrogen-bond acceptors (Lipinski definition) is 4. The van der Waals surface area contributed by atoms with E-state index in [0.29, 0.717) is 0 Å². The highest BCUT2D eigenvalue weighted by Gasteiger charge is 2.37. The number of rotatable bonds is 9. The van der Waals surface area contributed by atoms with Crippen molar-refractivity contribution in [2.45, 2.75) is 10.5 Å². The van der Waals surface area contributed by atoms with Crippen molar-refractivity contribution in [2.24, 2.45) is 0 Å². The molecule has 0 aliphatic carbocycles. The van der Waals surface area contributed by atoms with E-state index < -0.39 is 4.75 Å². The van der Waals surface area contributed by atoms with Crippen LogP contribution in [0.2, 0.25) is 0 Å². The smallest absolute Gasteiger partial charge is 0.118 e. The Balaban J connectivity index is 1.91. The summed E-state index contributed by atoms with van der Waals surface area (Å²) >= 11 is 1.90. The number of benzene rings is 4. The normalized spacial score (nSPS) is 11.1. The van der Waals surface area contributed by atoms with Gasteiger partial charge in [0.15, 0.2) is 0 Å². The Morgan fingerprint density at radius 2 is 0.879 bits per heavy atom. The average Bonchev–Trinajstić information content (AvgIpc) is 2.90. The van der Waals surface area contributed by atoms with Gasteiger partial charge in [0.2, 0.25) is 0 Å². The number of thioether (sulfide) groups is 1. The molecule has 168 valence electrons. The topological polar surface area (TPSA) is 27.7 Å². The monoisotopic (exact) mass is 456 g/mol. The Hall–Kier alpha value is -3.37. The third kappa shape index (κ3) is 4.86. The molecule has 4 heteroatoms. The van der Waals surface area contributed by atoms with Crippen molar-refractivity contribution in [1.82, 2.24) is 0 Å². The van der Waals surface area contributed by atoms with Crippen LogP contribution in [0.3, 0.4) is 0 Å². The molecule has 0 N–H and O–H groups in total. The fourth-order valence-corrected chi connectivity index (χ4v) is 5.48. The van der Waals surface area contributed by atoms with Crippen LogP contribution in [0.5, 0.6) is 17.2 Å². The van der Waals surface area contributed by atoms with Crippen LogP contribution >= 0.6 is 11.8 Å². The van der Waals surface area contributed by atoms with Crippen LogP contribution in [0.25, 0.3) is 0 Å². The molecule has 4 rings (SSSR count). The van der Waals surface area contributed by atoms with Gasteiger partial charge in [-0.1, -0.05) is 66.7 Å². The Labute approximate surface area is 200 Å². The third-order valence-corrected chi connectivity index (χ3v) is 7.41. The molecule has 4 aromatic rings. The quantitative estimate of drug-likeness (QED) is 0.255. The number of hydrogen-bond donors (Lipinski definition) is 0. The molecule has 0 aliphatic heterocycles. The van der Waals surface area contributed by atoms with Gasteiger partial charge >= 0.3 is 0 Å². The van der Waals surface area contributed by atoms with Gasteiger partial charge in [-0.2, -0.15) is 0 Å². The van der Waals surface area contributed by atoms with E-state index in [1.807, 2.05) is 48.2 Å². The van der Waals surface area contributed by atoms with Crippen LogP contribution in [-0.2, 0) is 10.5 Å². The van der Waals surface area contributed by atoms with Gasteiger partial charge in [0, 0.05) is 5.75 Å². The van der Waals surface area contributed by atoms with Crippen molar-refractivity contribution in [1.29, 1.82) is 0 Å². The second-order valence-electron chi connectivity index (χ2n) is 7.64. The third-order valence-electron chi connectivity index (χ3n) is 5.79. The molecule has 4 aromatic carbocycles. The van der Waals surface area contributed by atoms with Gasteiger partial charge in [0.05, 0.1) is 26.1 Å². The highest BCUT2D eigenvalue weighted by Crippen LogP contribution is 2.50. The van der Waals surface area contributed by atoms with E-state index in [9.17, 15) is 0 Å². The van der Waals surface area contributed by atoms with E-state index in [0.717, 1.165) is 23.0 Å². The van der Waals surface area contributed by atoms with Gasteiger partial charge in [0.1, 0.15) is 17.2 Å².